The number of para-hydroxylation sites is 1. The molecule has 15 nitrogen and oxygen atoms in total. The molecule has 67 heavy (non-hydrogen) atoms. The zero-order valence-electron chi connectivity index (χ0n) is 37.1. The van der Waals surface area contributed by atoms with Crippen LogP contribution in [0.4, 0.5) is 46.5 Å². The Hall–Kier alpha value is -6.04. The van der Waals surface area contributed by atoms with E-state index in [-0.39, 0.29) is 29.1 Å². The fraction of sp³-hybridized carbons (Fsp3) is 0.442. The van der Waals surface area contributed by atoms with Crippen molar-refractivity contribution in [3.8, 4) is 11.1 Å². The van der Waals surface area contributed by atoms with Crippen LogP contribution in [0.1, 0.15) is 74.8 Å². The molecule has 5 heterocycles. The van der Waals surface area contributed by atoms with E-state index in [1.54, 1.807) is 57.0 Å². The van der Waals surface area contributed by atoms with E-state index in [0.29, 0.717) is 68.8 Å². The number of carbonyl (C=O) groups excluding carboxylic acids is 2. The highest BCUT2D eigenvalue weighted by Gasteiger charge is 2.57. The number of halogens is 7. The molecule has 24 heteroatoms. The molecule has 1 aliphatic carbocycles. The molecule has 3 atom stereocenters. The average molecular weight is 979 g/mol. The molecule has 1 saturated heterocycles. The largest absolute Gasteiger partial charge is 0.444 e. The van der Waals surface area contributed by atoms with Crippen molar-refractivity contribution in [2.24, 2.45) is 13.0 Å². The SMILES string of the molecule is C[C@@H]1c2c(C(F)(F)F)nn(CC(=O)N[C@@H](Cc3cc(F)cc(F)c3)c3nc4nc(N5CCN(C(=O)OC(C)(C)C)CC5)sc4cc3-c3cccc4c(NS(C)(=O)=O)nn(C)c34)c2C(F)(F)[C@@H]1C. The van der Waals surface area contributed by atoms with E-state index in [4.69, 9.17) is 14.7 Å². The minimum absolute atomic E-state index is 0.00598. The number of carbonyl (C=O) groups is 2. The molecule has 2 aliphatic rings. The number of fused-ring (bicyclic) bond motifs is 3. The molecule has 0 saturated carbocycles. The Kier molecular flexibility index (Phi) is 12.0. The molecule has 6 aromatic rings. The molecule has 0 spiro atoms. The Morgan fingerprint density at radius 3 is 2.27 bits per heavy atom. The highest BCUT2D eigenvalue weighted by atomic mass is 32.2. The number of nitrogens with one attached hydrogen (secondary N) is 2. The summed E-state index contributed by atoms with van der Waals surface area (Å²) in [5, 5.41) is 11.5. The van der Waals surface area contributed by atoms with Crippen LogP contribution in [0.5, 0.6) is 0 Å². The van der Waals surface area contributed by atoms with Crippen LogP contribution in [0, 0.1) is 17.6 Å². The van der Waals surface area contributed by atoms with Crippen LogP contribution in [-0.2, 0) is 51.7 Å². The van der Waals surface area contributed by atoms with Crippen molar-refractivity contribution >= 4 is 65.6 Å². The van der Waals surface area contributed by atoms with Crippen molar-refractivity contribution in [3.05, 3.63) is 82.3 Å². The Morgan fingerprint density at radius 2 is 1.64 bits per heavy atom. The maximum absolute atomic E-state index is 15.8. The quantitative estimate of drug-likeness (QED) is 0.128. The van der Waals surface area contributed by atoms with E-state index in [9.17, 15) is 40.0 Å². The first kappa shape index (κ1) is 47.5. The molecular formula is C43H45F7N10O5S2. The third kappa shape index (κ3) is 9.45. The summed E-state index contributed by atoms with van der Waals surface area (Å²) in [7, 11) is -2.25. The zero-order chi connectivity index (χ0) is 48.7. The number of sulfonamides is 1. The molecule has 2 amide bonds. The zero-order valence-corrected chi connectivity index (χ0v) is 38.7. The lowest BCUT2D eigenvalue weighted by Gasteiger charge is -2.35. The predicted octanol–water partition coefficient (Wildman–Crippen LogP) is 8.11. The molecule has 2 N–H and O–H groups in total. The van der Waals surface area contributed by atoms with Gasteiger partial charge in [-0.3, -0.25) is 18.9 Å². The van der Waals surface area contributed by atoms with Crippen LogP contribution >= 0.6 is 11.3 Å². The molecule has 1 aliphatic heterocycles. The van der Waals surface area contributed by atoms with Crippen LogP contribution in [0.25, 0.3) is 32.4 Å². The van der Waals surface area contributed by atoms with Crippen molar-refractivity contribution in [2.75, 3.05) is 42.1 Å². The first-order valence-electron chi connectivity index (χ1n) is 21.0. The van der Waals surface area contributed by atoms with E-state index in [2.05, 4.69) is 20.2 Å². The van der Waals surface area contributed by atoms with Crippen LogP contribution in [-0.4, -0.2) is 92.9 Å². The normalized spacial score (nSPS) is 18.1. The third-order valence-corrected chi connectivity index (χ3v) is 13.3. The minimum Gasteiger partial charge on any atom is -0.444 e. The van der Waals surface area contributed by atoms with Crippen LogP contribution in [0.3, 0.4) is 0 Å². The van der Waals surface area contributed by atoms with Gasteiger partial charge in [0.1, 0.15) is 29.5 Å². The molecule has 2 aromatic carbocycles. The summed E-state index contributed by atoms with van der Waals surface area (Å²) >= 11 is 1.26. The number of aromatic nitrogens is 6. The number of thiazole rings is 1. The van der Waals surface area contributed by atoms with Gasteiger partial charge in [0.25, 0.3) is 5.92 Å². The van der Waals surface area contributed by atoms with Crippen LogP contribution in [0.2, 0.25) is 0 Å². The highest BCUT2D eigenvalue weighted by molar-refractivity contribution is 7.92. The van der Waals surface area contributed by atoms with E-state index in [1.165, 1.54) is 22.9 Å². The molecule has 0 bridgehead atoms. The summed E-state index contributed by atoms with van der Waals surface area (Å²) in [6.45, 7) is 7.92. The Balaban J connectivity index is 1.26. The molecule has 1 fully saturated rings. The van der Waals surface area contributed by atoms with Gasteiger partial charge in [-0.1, -0.05) is 37.3 Å². The van der Waals surface area contributed by atoms with Gasteiger partial charge in [0.2, 0.25) is 15.9 Å². The molecule has 0 unspecified atom stereocenters. The third-order valence-electron chi connectivity index (χ3n) is 11.7. The number of aryl methyl sites for hydroxylation is 1. The van der Waals surface area contributed by atoms with Crippen molar-refractivity contribution in [3.63, 3.8) is 0 Å². The number of ether oxygens (including phenoxy) is 1. The summed E-state index contributed by atoms with van der Waals surface area (Å²) in [5.41, 5.74) is -2.68. The second kappa shape index (κ2) is 16.9. The number of piperazine rings is 1. The second-order valence-electron chi connectivity index (χ2n) is 17.8. The maximum Gasteiger partial charge on any atom is 0.435 e. The van der Waals surface area contributed by atoms with E-state index < -0.39 is 92.7 Å². The molecule has 0 radical (unpaired) electrons. The second-order valence-corrected chi connectivity index (χ2v) is 20.6. The molecular weight excluding hydrogens is 934 g/mol. The van der Waals surface area contributed by atoms with Gasteiger partial charge < -0.3 is 19.9 Å². The number of amides is 2. The van der Waals surface area contributed by atoms with Gasteiger partial charge in [0, 0.05) is 67.3 Å². The number of benzene rings is 2. The maximum atomic E-state index is 15.8. The minimum atomic E-state index is -5.12. The lowest BCUT2D eigenvalue weighted by Crippen LogP contribution is -2.50. The summed E-state index contributed by atoms with van der Waals surface area (Å²) in [5.74, 6) is -9.60. The van der Waals surface area contributed by atoms with Crippen LogP contribution in [0.15, 0.2) is 42.5 Å². The van der Waals surface area contributed by atoms with Gasteiger partial charge in [0.05, 0.1) is 28.2 Å². The van der Waals surface area contributed by atoms with Gasteiger partial charge in [-0.25, -0.2) is 27.0 Å². The summed E-state index contributed by atoms with van der Waals surface area (Å²) in [6, 6.07) is 7.93. The number of alkyl halides is 5. The molecule has 4 aromatic heterocycles. The fourth-order valence-corrected chi connectivity index (χ4v) is 10.1. The van der Waals surface area contributed by atoms with Crippen LogP contribution < -0.4 is 14.9 Å². The van der Waals surface area contributed by atoms with E-state index in [0.717, 1.165) is 25.3 Å². The van der Waals surface area contributed by atoms with Crippen molar-refractivity contribution < 1.29 is 53.5 Å². The molecule has 8 rings (SSSR count). The van der Waals surface area contributed by atoms with Gasteiger partial charge in [-0.15, -0.1) is 0 Å². The summed E-state index contributed by atoms with van der Waals surface area (Å²) in [4.78, 5) is 40.3. The van der Waals surface area contributed by atoms with Gasteiger partial charge in [0.15, 0.2) is 22.3 Å². The number of rotatable bonds is 10. The molecule has 358 valence electrons. The Morgan fingerprint density at radius 1 is 0.970 bits per heavy atom. The van der Waals surface area contributed by atoms with Gasteiger partial charge in [-0.05, 0) is 62.9 Å². The lowest BCUT2D eigenvalue weighted by atomic mass is 9.94. The van der Waals surface area contributed by atoms with Gasteiger partial charge in [-0.2, -0.15) is 37.1 Å². The standard InChI is InChI=1S/C43H45F7N10O5S2/c1-21-22(2)42(46,47)36-32(21)35(43(48,49)50)54-60(36)20-31(61)51-29(17-23-15-24(44)18-25(45)16-23)33-28(26-9-8-10-27-34(26)57(6)55-37(27)56-67(7,63)64)19-30-38(52-33)53-39(66-30)58-11-13-59(14-12-58)40(62)65-41(3,4)5/h8-10,15-16,18-19,21-22,29H,11-14,17,20H2,1-7H3,(H,51,61)(H,55,56)/t21-,22+,29-/m0/s1. The predicted molar refractivity (Wildman–Crippen MR) is 235 cm³/mol. The first-order chi connectivity index (χ1) is 31.2. The number of nitrogens with zero attached hydrogens (tertiary/aromatic N) is 8. The smallest absolute Gasteiger partial charge is 0.435 e. The average Bonchev–Trinajstić information content (AvgIpc) is 3.94. The Labute approximate surface area is 383 Å². The Bertz CT molecular complexity index is 3030. The fourth-order valence-electron chi connectivity index (χ4n) is 8.61. The van der Waals surface area contributed by atoms with Gasteiger partial charge >= 0.3 is 12.3 Å². The van der Waals surface area contributed by atoms with Crippen molar-refractivity contribution in [1.82, 2.24) is 39.7 Å². The summed E-state index contributed by atoms with van der Waals surface area (Å²) < 4.78 is 139. The monoisotopic (exact) mass is 978 g/mol. The topological polar surface area (TPSA) is 169 Å². The first-order valence-corrected chi connectivity index (χ1v) is 23.7. The van der Waals surface area contributed by atoms with E-state index >= 15 is 8.78 Å². The highest BCUT2D eigenvalue weighted by Crippen LogP contribution is 2.55. The van der Waals surface area contributed by atoms with Crippen molar-refractivity contribution in [2.45, 2.75) is 77.2 Å². The lowest BCUT2D eigenvalue weighted by molar-refractivity contribution is -0.143. The van der Waals surface area contributed by atoms with E-state index in [1.807, 2.05) is 4.90 Å². The summed E-state index contributed by atoms with van der Waals surface area (Å²) in [6.07, 6.45) is -5.01. The number of hydrogen-bond acceptors (Lipinski definition) is 11. The number of hydrogen-bond donors (Lipinski definition) is 2. The van der Waals surface area contributed by atoms with Crippen molar-refractivity contribution in [1.29, 1.82) is 0 Å². The number of anilines is 2. The number of pyridine rings is 1.